The molecule has 1 unspecified atom stereocenters. The zero-order chi connectivity index (χ0) is 22.0. The van der Waals surface area contributed by atoms with E-state index in [1.165, 1.54) is 16.6 Å². The third kappa shape index (κ3) is 4.95. The molecule has 1 aliphatic carbocycles. The molecular weight excluding hydrogens is 450 g/mol. The molecule has 6 nitrogen and oxygen atoms in total. The quantitative estimate of drug-likeness (QED) is 0.519. The lowest BCUT2D eigenvalue weighted by Crippen LogP contribution is -2.14. The normalized spacial score (nSPS) is 15.4. The van der Waals surface area contributed by atoms with Gasteiger partial charge in [-0.1, -0.05) is 42.4 Å². The minimum Gasteiger partial charge on any atom is -0.316 e. The summed E-state index contributed by atoms with van der Waals surface area (Å²) in [6.07, 6.45) is 3.62. The van der Waals surface area contributed by atoms with Crippen LogP contribution in [0.1, 0.15) is 40.7 Å². The first-order valence-electron chi connectivity index (χ1n) is 10.0. The fraction of sp³-hybridized carbons (Fsp3) is 0.364. The number of nitrogens with one attached hydrogen (secondary N) is 1. The topological polar surface area (TPSA) is 83.6 Å². The van der Waals surface area contributed by atoms with Crippen molar-refractivity contribution in [1.29, 1.82) is 5.26 Å². The Morgan fingerprint density at radius 3 is 2.90 bits per heavy atom. The first kappa shape index (κ1) is 21.9. The molecule has 9 heteroatoms. The molecule has 1 N–H and O–H groups in total. The first-order valence-corrected chi connectivity index (χ1v) is 12.2. The fourth-order valence-electron chi connectivity index (χ4n) is 3.66. The highest BCUT2D eigenvalue weighted by Crippen LogP contribution is 2.39. The van der Waals surface area contributed by atoms with E-state index in [1.54, 1.807) is 11.3 Å². The smallest absolute Gasteiger partial charge is 0.235 e. The monoisotopic (exact) mass is 471 g/mol. The predicted octanol–water partition coefficient (Wildman–Crippen LogP) is 4.85. The Labute approximate surface area is 194 Å². The molecule has 0 spiro atoms. The van der Waals surface area contributed by atoms with Crippen LogP contribution >= 0.6 is 34.7 Å². The zero-order valence-corrected chi connectivity index (χ0v) is 19.7. The van der Waals surface area contributed by atoms with Crippen molar-refractivity contribution < 1.29 is 4.79 Å². The molecule has 2 heterocycles. The Balaban J connectivity index is 1.38. The van der Waals surface area contributed by atoms with Gasteiger partial charge in [-0.3, -0.25) is 4.79 Å². The molecule has 0 bridgehead atoms. The van der Waals surface area contributed by atoms with Crippen molar-refractivity contribution >= 4 is 45.6 Å². The third-order valence-corrected chi connectivity index (χ3v) is 7.85. The summed E-state index contributed by atoms with van der Waals surface area (Å²) in [5, 5.41) is 23.1. The second kappa shape index (κ2) is 9.43. The summed E-state index contributed by atoms with van der Waals surface area (Å²) in [6, 6.07) is 9.92. The summed E-state index contributed by atoms with van der Waals surface area (Å²) in [4.78, 5) is 13.8. The Morgan fingerprint density at radius 1 is 1.39 bits per heavy atom. The van der Waals surface area contributed by atoms with Crippen molar-refractivity contribution in [2.75, 3.05) is 11.1 Å². The molecule has 160 valence electrons. The molecule has 1 atom stereocenters. The van der Waals surface area contributed by atoms with E-state index >= 15 is 0 Å². The van der Waals surface area contributed by atoms with E-state index in [-0.39, 0.29) is 11.7 Å². The number of halogens is 1. The minimum absolute atomic E-state index is 0.143. The number of carbonyl (C=O) groups excluding carboxylic acids is 1. The number of nitrogens with zero attached hydrogens (tertiary/aromatic N) is 4. The lowest BCUT2D eigenvalue weighted by atomic mass is 9.89. The molecule has 0 saturated heterocycles. The second-order valence-electron chi connectivity index (χ2n) is 7.77. The third-order valence-electron chi connectivity index (χ3n) is 5.41. The van der Waals surface area contributed by atoms with E-state index in [0.29, 0.717) is 33.1 Å². The van der Waals surface area contributed by atoms with Crippen LogP contribution in [0.15, 0.2) is 29.4 Å². The summed E-state index contributed by atoms with van der Waals surface area (Å²) >= 11 is 8.82. The molecule has 0 aliphatic heterocycles. The van der Waals surface area contributed by atoms with Gasteiger partial charge in [0.1, 0.15) is 16.9 Å². The SMILES string of the molecule is CC1CCc2c(sc(NC(=O)CSc3nnc(Cc4ccc(Cl)cc4)n3C)c2C#N)C1. The number of anilines is 1. The number of fused-ring (bicyclic) bond motifs is 1. The molecule has 0 saturated carbocycles. The summed E-state index contributed by atoms with van der Waals surface area (Å²) in [7, 11) is 1.90. The average Bonchev–Trinajstić information content (AvgIpc) is 3.27. The predicted molar refractivity (Wildman–Crippen MR) is 125 cm³/mol. The van der Waals surface area contributed by atoms with Crippen LogP contribution in [0, 0.1) is 17.2 Å². The molecule has 1 amide bonds. The number of thiophene rings is 1. The molecular formula is C22H22ClN5OS2. The molecule has 1 aromatic carbocycles. The van der Waals surface area contributed by atoms with Crippen molar-refractivity contribution in [3.8, 4) is 6.07 Å². The van der Waals surface area contributed by atoms with Crippen LogP contribution in [0.4, 0.5) is 5.00 Å². The summed E-state index contributed by atoms with van der Waals surface area (Å²) in [5.41, 5.74) is 2.84. The maximum Gasteiger partial charge on any atom is 0.235 e. The number of rotatable bonds is 6. The van der Waals surface area contributed by atoms with Gasteiger partial charge in [-0.05, 0) is 48.4 Å². The maximum absolute atomic E-state index is 12.6. The van der Waals surface area contributed by atoms with Gasteiger partial charge in [0.05, 0.1) is 11.3 Å². The van der Waals surface area contributed by atoms with Gasteiger partial charge in [0.15, 0.2) is 5.16 Å². The summed E-state index contributed by atoms with van der Waals surface area (Å²) < 4.78 is 1.90. The van der Waals surface area contributed by atoms with Gasteiger partial charge in [-0.15, -0.1) is 21.5 Å². The van der Waals surface area contributed by atoms with Crippen LogP contribution < -0.4 is 5.32 Å². The zero-order valence-electron chi connectivity index (χ0n) is 17.3. The largest absolute Gasteiger partial charge is 0.316 e. The number of benzene rings is 1. The first-order chi connectivity index (χ1) is 14.9. The van der Waals surface area contributed by atoms with Crippen molar-refractivity contribution in [3.63, 3.8) is 0 Å². The molecule has 31 heavy (non-hydrogen) atoms. The van der Waals surface area contributed by atoms with Crippen LogP contribution in [0.5, 0.6) is 0 Å². The van der Waals surface area contributed by atoms with Crippen LogP contribution in [-0.2, 0) is 31.1 Å². The van der Waals surface area contributed by atoms with Crippen molar-refractivity contribution in [3.05, 3.63) is 56.7 Å². The molecule has 0 radical (unpaired) electrons. The maximum atomic E-state index is 12.6. The molecule has 4 rings (SSSR count). The van der Waals surface area contributed by atoms with E-state index in [0.717, 1.165) is 36.2 Å². The van der Waals surface area contributed by atoms with Crippen LogP contribution in [0.3, 0.4) is 0 Å². The van der Waals surface area contributed by atoms with E-state index < -0.39 is 0 Å². The highest BCUT2D eigenvalue weighted by molar-refractivity contribution is 7.99. The minimum atomic E-state index is -0.143. The lowest BCUT2D eigenvalue weighted by molar-refractivity contribution is -0.113. The van der Waals surface area contributed by atoms with Crippen molar-refractivity contribution in [1.82, 2.24) is 14.8 Å². The Hall–Kier alpha value is -2.34. The van der Waals surface area contributed by atoms with E-state index in [9.17, 15) is 10.1 Å². The standard InChI is InChI=1S/C22H22ClN5OS2/c1-13-3-8-16-17(11-24)21(31-18(16)9-13)25-20(29)12-30-22-27-26-19(28(22)2)10-14-4-6-15(23)7-5-14/h4-7,13H,3,8-10,12H2,1-2H3,(H,25,29). The van der Waals surface area contributed by atoms with Gasteiger partial charge in [0.2, 0.25) is 5.91 Å². The summed E-state index contributed by atoms with van der Waals surface area (Å²) in [5.74, 6) is 1.50. The fourth-order valence-corrected chi connectivity index (χ4v) is 5.89. The van der Waals surface area contributed by atoms with Gasteiger partial charge in [-0.2, -0.15) is 5.26 Å². The highest BCUT2D eigenvalue weighted by atomic mass is 35.5. The second-order valence-corrected chi connectivity index (χ2v) is 10.2. The van der Waals surface area contributed by atoms with Crippen LogP contribution in [0.25, 0.3) is 0 Å². The van der Waals surface area contributed by atoms with Gasteiger partial charge in [0, 0.05) is 23.4 Å². The number of hydrogen-bond acceptors (Lipinski definition) is 6. The molecule has 2 aromatic heterocycles. The number of thioether (sulfide) groups is 1. The van der Waals surface area contributed by atoms with Crippen LogP contribution in [0.2, 0.25) is 5.02 Å². The van der Waals surface area contributed by atoms with Crippen LogP contribution in [-0.4, -0.2) is 26.4 Å². The van der Waals surface area contributed by atoms with Crippen molar-refractivity contribution in [2.45, 2.75) is 37.8 Å². The van der Waals surface area contributed by atoms with E-state index in [4.69, 9.17) is 11.6 Å². The van der Waals surface area contributed by atoms with E-state index in [2.05, 4.69) is 28.5 Å². The number of nitriles is 1. The van der Waals surface area contributed by atoms with E-state index in [1.807, 2.05) is 35.9 Å². The number of amides is 1. The van der Waals surface area contributed by atoms with Gasteiger partial charge >= 0.3 is 0 Å². The number of hydrogen-bond donors (Lipinski definition) is 1. The lowest BCUT2D eigenvalue weighted by Gasteiger charge is -2.17. The highest BCUT2D eigenvalue weighted by Gasteiger charge is 2.24. The Morgan fingerprint density at radius 2 is 2.16 bits per heavy atom. The Bertz CT molecular complexity index is 1150. The van der Waals surface area contributed by atoms with Gasteiger partial charge in [-0.25, -0.2) is 0 Å². The summed E-state index contributed by atoms with van der Waals surface area (Å²) in [6.45, 7) is 2.23. The number of carbonyl (C=O) groups is 1. The molecule has 0 fully saturated rings. The average molecular weight is 472 g/mol. The van der Waals surface area contributed by atoms with Gasteiger partial charge < -0.3 is 9.88 Å². The van der Waals surface area contributed by atoms with Crippen molar-refractivity contribution in [2.24, 2.45) is 13.0 Å². The number of aromatic nitrogens is 3. The Kier molecular flexibility index (Phi) is 6.65. The molecule has 1 aliphatic rings. The molecule has 3 aromatic rings. The van der Waals surface area contributed by atoms with Gasteiger partial charge in [0.25, 0.3) is 0 Å².